The van der Waals surface area contributed by atoms with E-state index in [1.54, 1.807) is 0 Å². The third-order valence-corrected chi connectivity index (χ3v) is 14.4. The summed E-state index contributed by atoms with van der Waals surface area (Å²) in [5.41, 5.74) is 17.9. The Labute approximate surface area is 411 Å². The second kappa shape index (κ2) is 16.7. The van der Waals surface area contributed by atoms with Crippen molar-refractivity contribution in [3.8, 4) is 50.2 Å². The zero-order valence-corrected chi connectivity index (χ0v) is 38.7. The molecular formula is C68H44N2O. The fraction of sp³-hybridized carbons (Fsp3) is 0. The molecule has 0 spiro atoms. The van der Waals surface area contributed by atoms with E-state index in [1.165, 1.54) is 65.6 Å². The molecule has 0 saturated heterocycles. The van der Waals surface area contributed by atoms with Gasteiger partial charge in [0.05, 0.1) is 11.0 Å². The lowest BCUT2D eigenvalue weighted by Crippen LogP contribution is -2.10. The van der Waals surface area contributed by atoms with E-state index in [-0.39, 0.29) is 0 Å². The molecule has 0 bridgehead atoms. The van der Waals surface area contributed by atoms with Crippen molar-refractivity contribution in [1.82, 2.24) is 4.57 Å². The second-order valence-electron chi connectivity index (χ2n) is 18.5. The second-order valence-corrected chi connectivity index (χ2v) is 18.5. The summed E-state index contributed by atoms with van der Waals surface area (Å²) in [7, 11) is 0. The molecule has 12 aromatic carbocycles. The van der Waals surface area contributed by atoms with Crippen LogP contribution in [0.15, 0.2) is 271 Å². The lowest BCUT2D eigenvalue weighted by molar-refractivity contribution is 0.669. The number of furan rings is 1. The van der Waals surface area contributed by atoms with Crippen molar-refractivity contribution in [2.24, 2.45) is 0 Å². The molecule has 0 aliphatic heterocycles. The Hall–Kier alpha value is -9.44. The Morgan fingerprint density at radius 2 is 0.803 bits per heavy atom. The summed E-state index contributed by atoms with van der Waals surface area (Å²) >= 11 is 0. The van der Waals surface area contributed by atoms with Gasteiger partial charge in [-0.15, -0.1) is 0 Å². The average molecular weight is 905 g/mol. The van der Waals surface area contributed by atoms with Crippen molar-refractivity contribution < 1.29 is 4.42 Å². The molecule has 0 unspecified atom stereocenters. The number of nitrogens with zero attached hydrogens (tertiary/aromatic N) is 2. The fourth-order valence-electron chi connectivity index (χ4n) is 11.0. The van der Waals surface area contributed by atoms with Crippen molar-refractivity contribution in [2.75, 3.05) is 4.90 Å². The third-order valence-electron chi connectivity index (χ3n) is 14.4. The van der Waals surface area contributed by atoms with Gasteiger partial charge < -0.3 is 13.9 Å². The number of aromatic nitrogens is 1. The molecule has 0 saturated carbocycles. The van der Waals surface area contributed by atoms with Gasteiger partial charge in [0.15, 0.2) is 0 Å². The Morgan fingerprint density at radius 1 is 0.282 bits per heavy atom. The number of para-hydroxylation sites is 3. The van der Waals surface area contributed by atoms with Crippen molar-refractivity contribution in [3.63, 3.8) is 0 Å². The summed E-state index contributed by atoms with van der Waals surface area (Å²) in [5.74, 6) is 0. The lowest BCUT2D eigenvalue weighted by atomic mass is 9.97. The van der Waals surface area contributed by atoms with Crippen LogP contribution in [0, 0.1) is 0 Å². The summed E-state index contributed by atoms with van der Waals surface area (Å²) in [6.07, 6.45) is 0. The first-order chi connectivity index (χ1) is 35.2. The van der Waals surface area contributed by atoms with Gasteiger partial charge >= 0.3 is 0 Å². The Balaban J connectivity index is 0.836. The maximum Gasteiger partial charge on any atom is 0.136 e. The van der Waals surface area contributed by atoms with Gasteiger partial charge in [-0.05, 0) is 151 Å². The minimum absolute atomic E-state index is 0.888. The molecule has 3 nitrogen and oxygen atoms in total. The predicted molar refractivity (Wildman–Crippen MR) is 299 cm³/mol. The smallest absolute Gasteiger partial charge is 0.136 e. The highest BCUT2D eigenvalue weighted by Crippen LogP contribution is 2.42. The molecule has 2 heterocycles. The van der Waals surface area contributed by atoms with Crippen LogP contribution < -0.4 is 4.90 Å². The number of hydrogen-bond acceptors (Lipinski definition) is 2. The Morgan fingerprint density at radius 3 is 1.55 bits per heavy atom. The minimum Gasteiger partial charge on any atom is -0.456 e. The molecule has 14 rings (SSSR count). The molecule has 0 aliphatic rings. The molecule has 0 aliphatic carbocycles. The van der Waals surface area contributed by atoms with E-state index in [0.717, 1.165) is 66.9 Å². The van der Waals surface area contributed by atoms with E-state index in [1.807, 2.05) is 12.1 Å². The molecule has 0 N–H and O–H groups in total. The summed E-state index contributed by atoms with van der Waals surface area (Å²) in [6, 6.07) is 96.7. The van der Waals surface area contributed by atoms with Crippen LogP contribution in [0.1, 0.15) is 0 Å². The predicted octanol–water partition coefficient (Wildman–Crippen LogP) is 19.1. The fourth-order valence-corrected chi connectivity index (χ4v) is 11.0. The van der Waals surface area contributed by atoms with Crippen LogP contribution in [0.3, 0.4) is 0 Å². The van der Waals surface area contributed by atoms with Crippen LogP contribution in [0.4, 0.5) is 17.1 Å². The van der Waals surface area contributed by atoms with Crippen LogP contribution >= 0.6 is 0 Å². The molecule has 14 aromatic rings. The van der Waals surface area contributed by atoms with Gasteiger partial charge in [-0.2, -0.15) is 0 Å². The van der Waals surface area contributed by atoms with E-state index >= 15 is 0 Å². The first-order valence-corrected chi connectivity index (χ1v) is 24.3. The summed E-state index contributed by atoms with van der Waals surface area (Å²) in [4.78, 5) is 2.37. The molecule has 0 amide bonds. The van der Waals surface area contributed by atoms with Crippen molar-refractivity contribution in [3.05, 3.63) is 267 Å². The Bertz CT molecular complexity index is 4290. The minimum atomic E-state index is 0.888. The summed E-state index contributed by atoms with van der Waals surface area (Å²) in [5, 5.41) is 9.82. The highest BCUT2D eigenvalue weighted by molar-refractivity contribution is 6.13. The van der Waals surface area contributed by atoms with Gasteiger partial charge in [0.25, 0.3) is 0 Å². The topological polar surface area (TPSA) is 21.3 Å². The molecule has 71 heavy (non-hydrogen) atoms. The maximum atomic E-state index is 6.34. The number of hydrogen-bond donors (Lipinski definition) is 0. The quantitative estimate of drug-likeness (QED) is 0.142. The standard InChI is InChI=1S/C68H44N2O/c1-2-20-58-47(13-1)29-30-53-42-51(35-40-59(53)58)46-33-38-55(39-34-46)69(56-18-11-17-52(44-56)60-24-12-28-67-68(60)63-23-5-8-27-66(63)71-67)54-36-31-45(32-37-54)48-14-9-15-49(41-48)50-16-10-19-57(43-50)70-64-25-6-3-21-61(64)62-22-4-7-26-65(62)70/h1-44H. The molecule has 0 atom stereocenters. The number of benzene rings is 12. The number of anilines is 3. The van der Waals surface area contributed by atoms with Crippen LogP contribution in [-0.4, -0.2) is 4.57 Å². The van der Waals surface area contributed by atoms with Gasteiger partial charge in [-0.3, -0.25) is 0 Å². The summed E-state index contributed by atoms with van der Waals surface area (Å²) < 4.78 is 8.72. The molecule has 2 aromatic heterocycles. The largest absolute Gasteiger partial charge is 0.456 e. The number of fused-ring (bicyclic) bond motifs is 9. The highest BCUT2D eigenvalue weighted by Gasteiger charge is 2.18. The van der Waals surface area contributed by atoms with Crippen LogP contribution in [0.2, 0.25) is 0 Å². The highest BCUT2D eigenvalue weighted by atomic mass is 16.3. The molecule has 0 radical (unpaired) electrons. The van der Waals surface area contributed by atoms with Crippen molar-refractivity contribution in [2.45, 2.75) is 0 Å². The normalized spacial score (nSPS) is 11.7. The van der Waals surface area contributed by atoms with Gasteiger partial charge in [-0.25, -0.2) is 0 Å². The third kappa shape index (κ3) is 6.97. The van der Waals surface area contributed by atoms with Crippen LogP contribution in [0.5, 0.6) is 0 Å². The van der Waals surface area contributed by atoms with E-state index in [0.29, 0.717) is 0 Å². The van der Waals surface area contributed by atoms with E-state index in [2.05, 4.69) is 264 Å². The zero-order valence-electron chi connectivity index (χ0n) is 38.7. The van der Waals surface area contributed by atoms with Gasteiger partial charge in [-0.1, -0.05) is 182 Å². The lowest BCUT2D eigenvalue weighted by Gasteiger charge is -2.26. The van der Waals surface area contributed by atoms with Crippen molar-refractivity contribution in [1.29, 1.82) is 0 Å². The molecule has 3 heteroatoms. The van der Waals surface area contributed by atoms with Gasteiger partial charge in [0.1, 0.15) is 11.2 Å². The summed E-state index contributed by atoms with van der Waals surface area (Å²) in [6.45, 7) is 0. The van der Waals surface area contributed by atoms with E-state index < -0.39 is 0 Å². The first kappa shape index (κ1) is 40.6. The van der Waals surface area contributed by atoms with E-state index in [4.69, 9.17) is 4.42 Å². The monoisotopic (exact) mass is 904 g/mol. The molecule has 332 valence electrons. The number of rotatable bonds is 8. The van der Waals surface area contributed by atoms with Crippen LogP contribution in [0.25, 0.3) is 115 Å². The van der Waals surface area contributed by atoms with Gasteiger partial charge in [0, 0.05) is 44.3 Å². The Kier molecular flexibility index (Phi) is 9.53. The molecule has 0 fully saturated rings. The zero-order chi connectivity index (χ0) is 46.8. The average Bonchev–Trinajstić information content (AvgIpc) is 4.00. The SMILES string of the molecule is c1cc(-c2ccc(N(c3ccc(-c4ccc5c(ccc6ccccc65)c4)cc3)c3cccc(-c4cccc5oc6ccccc6c45)c3)cc2)cc(-c2cccc(-n3c4ccccc4c4ccccc43)c2)c1. The van der Waals surface area contributed by atoms with Crippen LogP contribution in [-0.2, 0) is 0 Å². The molecular weight excluding hydrogens is 861 g/mol. The van der Waals surface area contributed by atoms with E-state index in [9.17, 15) is 0 Å². The maximum absolute atomic E-state index is 6.34. The van der Waals surface area contributed by atoms with Crippen molar-refractivity contribution >= 4 is 82.4 Å². The first-order valence-electron chi connectivity index (χ1n) is 24.3. The van der Waals surface area contributed by atoms with Gasteiger partial charge in [0.2, 0.25) is 0 Å².